The Morgan fingerprint density at radius 2 is 1.77 bits per heavy atom. The van der Waals surface area contributed by atoms with Crippen molar-refractivity contribution in [1.29, 1.82) is 0 Å². The van der Waals surface area contributed by atoms with Gasteiger partial charge in [0.15, 0.2) is 0 Å². The highest BCUT2D eigenvalue weighted by molar-refractivity contribution is 5.81. The molecule has 1 amide bonds. The van der Waals surface area contributed by atoms with Gasteiger partial charge in [-0.1, -0.05) is 37.3 Å². The minimum absolute atomic E-state index is 0.0547. The van der Waals surface area contributed by atoms with Crippen molar-refractivity contribution in [2.45, 2.75) is 39.7 Å². The van der Waals surface area contributed by atoms with Gasteiger partial charge < -0.3 is 10.3 Å². The molecule has 1 unspecified atom stereocenters. The molecule has 134 valence electrons. The molecule has 2 N–H and O–H groups in total. The number of hydrogen-bond donors (Lipinski definition) is 2. The van der Waals surface area contributed by atoms with Crippen molar-refractivity contribution in [2.24, 2.45) is 0 Å². The maximum atomic E-state index is 12.3. The second kappa shape index (κ2) is 7.56. The van der Waals surface area contributed by atoms with Crippen molar-refractivity contribution in [3.63, 3.8) is 0 Å². The van der Waals surface area contributed by atoms with Gasteiger partial charge in [0.1, 0.15) is 0 Å². The third-order valence-electron chi connectivity index (χ3n) is 4.87. The number of rotatable bonds is 5. The molecule has 1 aromatic heterocycles. The van der Waals surface area contributed by atoms with Crippen LogP contribution in [0.1, 0.15) is 41.5 Å². The van der Waals surface area contributed by atoms with Gasteiger partial charge in [-0.2, -0.15) is 0 Å². The number of aromatic nitrogens is 1. The zero-order chi connectivity index (χ0) is 18.7. The van der Waals surface area contributed by atoms with Crippen LogP contribution in [-0.2, 0) is 11.3 Å². The van der Waals surface area contributed by atoms with Crippen LogP contribution in [0.15, 0.2) is 53.3 Å². The fourth-order valence-corrected chi connectivity index (χ4v) is 3.10. The zero-order valence-corrected chi connectivity index (χ0v) is 15.4. The van der Waals surface area contributed by atoms with Crippen LogP contribution in [-0.4, -0.2) is 10.9 Å². The first-order chi connectivity index (χ1) is 12.4. The predicted molar refractivity (Wildman–Crippen MR) is 105 cm³/mol. The number of benzene rings is 2. The maximum absolute atomic E-state index is 12.3. The summed E-state index contributed by atoms with van der Waals surface area (Å²) < 4.78 is 0. The SMILES string of the molecule is Cc1cc2cc(CNC(=O)CC(C)c3ccccc3)c(=O)[nH]c2cc1C. The van der Waals surface area contributed by atoms with Crippen LogP contribution in [0.3, 0.4) is 0 Å². The molecule has 0 aliphatic rings. The van der Waals surface area contributed by atoms with Gasteiger partial charge in [0.25, 0.3) is 5.56 Å². The van der Waals surface area contributed by atoms with Crippen molar-refractivity contribution in [2.75, 3.05) is 0 Å². The maximum Gasteiger partial charge on any atom is 0.253 e. The highest BCUT2D eigenvalue weighted by atomic mass is 16.1. The first kappa shape index (κ1) is 17.9. The number of hydrogen-bond acceptors (Lipinski definition) is 2. The van der Waals surface area contributed by atoms with E-state index in [0.29, 0.717) is 12.0 Å². The average molecular weight is 348 g/mol. The van der Waals surface area contributed by atoms with Crippen LogP contribution in [0.2, 0.25) is 0 Å². The largest absolute Gasteiger partial charge is 0.352 e. The molecule has 4 heteroatoms. The van der Waals surface area contributed by atoms with E-state index in [9.17, 15) is 9.59 Å². The molecule has 2 aromatic carbocycles. The molecule has 0 saturated carbocycles. The van der Waals surface area contributed by atoms with E-state index in [-0.39, 0.29) is 23.9 Å². The number of H-pyrrole nitrogens is 1. The second-order valence-electron chi connectivity index (χ2n) is 6.94. The van der Waals surface area contributed by atoms with Crippen LogP contribution >= 0.6 is 0 Å². The molecule has 4 nitrogen and oxygen atoms in total. The lowest BCUT2D eigenvalue weighted by atomic mass is 9.97. The fourth-order valence-electron chi connectivity index (χ4n) is 3.10. The number of aromatic amines is 1. The summed E-state index contributed by atoms with van der Waals surface area (Å²) in [4.78, 5) is 27.4. The number of amides is 1. The Labute approximate surface area is 153 Å². The van der Waals surface area contributed by atoms with Gasteiger partial charge >= 0.3 is 0 Å². The zero-order valence-electron chi connectivity index (χ0n) is 15.4. The normalized spacial score (nSPS) is 12.1. The fraction of sp³-hybridized carbons (Fsp3) is 0.273. The molecule has 0 aliphatic carbocycles. The summed E-state index contributed by atoms with van der Waals surface area (Å²) in [5.41, 5.74) is 4.70. The van der Waals surface area contributed by atoms with Gasteiger partial charge in [0.2, 0.25) is 5.91 Å². The third kappa shape index (κ3) is 4.02. The minimum atomic E-state index is -0.155. The lowest BCUT2D eigenvalue weighted by Gasteiger charge is -2.12. The Morgan fingerprint density at radius 1 is 1.08 bits per heavy atom. The second-order valence-corrected chi connectivity index (χ2v) is 6.94. The van der Waals surface area contributed by atoms with Crippen molar-refractivity contribution < 1.29 is 4.79 Å². The summed E-state index contributed by atoms with van der Waals surface area (Å²) in [5.74, 6) is 0.0812. The molecule has 0 fully saturated rings. The number of fused-ring (bicyclic) bond motifs is 1. The Hall–Kier alpha value is -2.88. The Morgan fingerprint density at radius 3 is 2.50 bits per heavy atom. The van der Waals surface area contributed by atoms with Gasteiger partial charge in [-0.15, -0.1) is 0 Å². The van der Waals surface area contributed by atoms with E-state index in [4.69, 9.17) is 0 Å². The van der Waals surface area contributed by atoms with Crippen molar-refractivity contribution >= 4 is 16.8 Å². The van der Waals surface area contributed by atoms with Crippen molar-refractivity contribution in [3.05, 3.63) is 81.1 Å². The Kier molecular flexibility index (Phi) is 5.21. The van der Waals surface area contributed by atoms with Crippen LogP contribution in [0.5, 0.6) is 0 Å². The minimum Gasteiger partial charge on any atom is -0.352 e. The van der Waals surface area contributed by atoms with E-state index in [2.05, 4.69) is 16.4 Å². The molecular weight excluding hydrogens is 324 g/mol. The summed E-state index contributed by atoms with van der Waals surface area (Å²) in [6, 6.07) is 15.9. The number of pyridine rings is 1. The summed E-state index contributed by atoms with van der Waals surface area (Å²) in [7, 11) is 0. The van der Waals surface area contributed by atoms with E-state index in [1.165, 1.54) is 5.56 Å². The van der Waals surface area contributed by atoms with Gasteiger partial charge in [0.05, 0.1) is 0 Å². The standard InChI is InChI=1S/C22H24N2O2/c1-14-9-18-12-19(22(26)24-20(18)10-15(14)2)13-23-21(25)11-16(3)17-7-5-4-6-8-17/h4-10,12,16H,11,13H2,1-3H3,(H,23,25)(H,24,26). The lowest BCUT2D eigenvalue weighted by Crippen LogP contribution is -2.27. The molecule has 0 spiro atoms. The average Bonchev–Trinajstić information content (AvgIpc) is 2.62. The summed E-state index contributed by atoms with van der Waals surface area (Å²) >= 11 is 0. The molecule has 0 radical (unpaired) electrons. The third-order valence-corrected chi connectivity index (χ3v) is 4.87. The molecule has 1 atom stereocenters. The molecule has 26 heavy (non-hydrogen) atoms. The topological polar surface area (TPSA) is 62.0 Å². The highest BCUT2D eigenvalue weighted by Gasteiger charge is 2.12. The van der Waals surface area contributed by atoms with Crippen LogP contribution in [0, 0.1) is 13.8 Å². The van der Waals surface area contributed by atoms with Gasteiger partial charge in [-0.3, -0.25) is 9.59 Å². The van der Waals surface area contributed by atoms with E-state index in [0.717, 1.165) is 22.0 Å². The van der Waals surface area contributed by atoms with Gasteiger partial charge in [-0.25, -0.2) is 0 Å². The van der Waals surface area contributed by atoms with Crippen LogP contribution in [0.4, 0.5) is 0 Å². The van der Waals surface area contributed by atoms with E-state index >= 15 is 0 Å². The Bertz CT molecular complexity index is 990. The number of carbonyl (C=O) groups is 1. The van der Waals surface area contributed by atoms with Gasteiger partial charge in [-0.05, 0) is 60.0 Å². The smallest absolute Gasteiger partial charge is 0.253 e. The van der Waals surface area contributed by atoms with Crippen molar-refractivity contribution in [3.8, 4) is 0 Å². The monoisotopic (exact) mass is 348 g/mol. The number of aryl methyl sites for hydroxylation is 2. The first-order valence-electron chi connectivity index (χ1n) is 8.89. The highest BCUT2D eigenvalue weighted by Crippen LogP contribution is 2.19. The summed E-state index contributed by atoms with van der Waals surface area (Å²) in [5, 5.41) is 3.85. The predicted octanol–water partition coefficient (Wildman–Crippen LogP) is 3.95. The molecule has 0 saturated heterocycles. The molecular formula is C22H24N2O2. The molecule has 3 aromatic rings. The summed E-state index contributed by atoms with van der Waals surface area (Å²) in [6.45, 7) is 6.34. The van der Waals surface area contributed by atoms with Gasteiger partial charge in [0, 0.05) is 24.0 Å². The first-order valence-corrected chi connectivity index (χ1v) is 8.89. The summed E-state index contributed by atoms with van der Waals surface area (Å²) in [6.07, 6.45) is 0.397. The van der Waals surface area contributed by atoms with E-state index in [1.54, 1.807) is 0 Å². The van der Waals surface area contributed by atoms with Crippen molar-refractivity contribution in [1.82, 2.24) is 10.3 Å². The van der Waals surface area contributed by atoms with E-state index < -0.39 is 0 Å². The molecule has 1 heterocycles. The van der Waals surface area contributed by atoms with E-state index in [1.807, 2.05) is 63.2 Å². The van der Waals surface area contributed by atoms with Crippen LogP contribution in [0.25, 0.3) is 10.9 Å². The molecule has 0 aliphatic heterocycles. The molecule has 0 bridgehead atoms. The number of carbonyl (C=O) groups excluding carboxylic acids is 1. The lowest BCUT2D eigenvalue weighted by molar-refractivity contribution is -0.121. The Balaban J connectivity index is 1.69. The molecule has 3 rings (SSSR count). The quantitative estimate of drug-likeness (QED) is 0.733. The van der Waals surface area contributed by atoms with Crippen LogP contribution < -0.4 is 10.9 Å². The number of nitrogens with one attached hydrogen (secondary N) is 2.